The second-order valence-corrected chi connectivity index (χ2v) is 8.14. The van der Waals surface area contributed by atoms with Crippen LogP contribution in [0.1, 0.15) is 36.2 Å². The summed E-state index contributed by atoms with van der Waals surface area (Å²) in [6.45, 7) is 2.57. The molecular formula is C19H28N4O2. The van der Waals surface area contributed by atoms with Gasteiger partial charge < -0.3 is 14.5 Å². The summed E-state index contributed by atoms with van der Waals surface area (Å²) in [6, 6.07) is 0.451. The minimum atomic E-state index is 0.0133. The lowest BCUT2D eigenvalue weighted by Crippen LogP contribution is -2.48. The molecule has 1 saturated heterocycles. The molecule has 2 heterocycles. The van der Waals surface area contributed by atoms with Gasteiger partial charge >= 0.3 is 0 Å². The summed E-state index contributed by atoms with van der Waals surface area (Å²) >= 11 is 0. The lowest BCUT2D eigenvalue weighted by atomic mass is 9.77. The standard InChI is InChI=1S/C19H28N4O2/c1-22(2)17-7-14-10-23(19(24)16-9-20-5-6-21-16)11-15(14)8-18(17)25-12-13-3-4-13/h5-6,9,13-15,17-18H,3-4,7-8,10-12H2,1-2H3/t14-,15+,17-,18-/m1/s1. The number of carbonyl (C=O) groups is 1. The molecule has 4 atom stereocenters. The third kappa shape index (κ3) is 3.70. The zero-order chi connectivity index (χ0) is 17.4. The van der Waals surface area contributed by atoms with Crippen LogP contribution in [-0.4, -0.2) is 71.6 Å². The molecule has 0 spiro atoms. The van der Waals surface area contributed by atoms with Crippen LogP contribution >= 0.6 is 0 Å². The molecule has 0 bridgehead atoms. The summed E-state index contributed by atoms with van der Waals surface area (Å²) in [5, 5.41) is 0. The van der Waals surface area contributed by atoms with Gasteiger partial charge in [-0.05, 0) is 57.5 Å². The first-order valence-corrected chi connectivity index (χ1v) is 9.45. The van der Waals surface area contributed by atoms with E-state index >= 15 is 0 Å². The van der Waals surface area contributed by atoms with Gasteiger partial charge in [0.2, 0.25) is 0 Å². The Morgan fingerprint density at radius 3 is 2.64 bits per heavy atom. The Hall–Kier alpha value is -1.53. The van der Waals surface area contributed by atoms with Gasteiger partial charge in [-0.15, -0.1) is 0 Å². The normalized spacial score (nSPS) is 32.0. The maximum absolute atomic E-state index is 12.7. The summed E-state index contributed by atoms with van der Waals surface area (Å²) in [6.07, 6.45) is 9.86. The number of rotatable bonds is 5. The number of amides is 1. The van der Waals surface area contributed by atoms with E-state index in [0.717, 1.165) is 38.5 Å². The van der Waals surface area contributed by atoms with E-state index in [1.165, 1.54) is 12.8 Å². The molecule has 136 valence electrons. The molecule has 6 heteroatoms. The molecule has 0 unspecified atom stereocenters. The Kier molecular flexibility index (Phi) is 4.73. The molecule has 1 aliphatic heterocycles. The van der Waals surface area contributed by atoms with Gasteiger partial charge in [0, 0.05) is 38.1 Å². The van der Waals surface area contributed by atoms with E-state index in [0.29, 0.717) is 29.7 Å². The van der Waals surface area contributed by atoms with E-state index in [1.807, 2.05) is 4.90 Å². The lowest BCUT2D eigenvalue weighted by Gasteiger charge is -2.41. The Bertz CT molecular complexity index is 605. The molecule has 25 heavy (non-hydrogen) atoms. The van der Waals surface area contributed by atoms with Crippen LogP contribution in [0.5, 0.6) is 0 Å². The van der Waals surface area contributed by atoms with E-state index in [9.17, 15) is 4.79 Å². The van der Waals surface area contributed by atoms with Crippen molar-refractivity contribution in [1.29, 1.82) is 0 Å². The van der Waals surface area contributed by atoms with E-state index in [4.69, 9.17) is 4.74 Å². The fourth-order valence-corrected chi connectivity index (χ4v) is 4.39. The first-order valence-electron chi connectivity index (χ1n) is 9.45. The topological polar surface area (TPSA) is 58.6 Å². The van der Waals surface area contributed by atoms with E-state index in [1.54, 1.807) is 18.6 Å². The van der Waals surface area contributed by atoms with Crippen molar-refractivity contribution in [3.05, 3.63) is 24.3 Å². The second kappa shape index (κ2) is 7.00. The maximum atomic E-state index is 12.7. The zero-order valence-electron chi connectivity index (χ0n) is 15.2. The van der Waals surface area contributed by atoms with Crippen molar-refractivity contribution in [2.45, 2.75) is 37.8 Å². The molecule has 3 aliphatic rings. The minimum Gasteiger partial charge on any atom is -0.376 e. The van der Waals surface area contributed by atoms with Gasteiger partial charge in [-0.3, -0.25) is 9.78 Å². The van der Waals surface area contributed by atoms with Crippen LogP contribution in [-0.2, 0) is 4.74 Å². The monoisotopic (exact) mass is 344 g/mol. The summed E-state index contributed by atoms with van der Waals surface area (Å²) in [4.78, 5) is 25.2. The smallest absolute Gasteiger partial charge is 0.274 e. The van der Waals surface area contributed by atoms with E-state index in [-0.39, 0.29) is 5.91 Å². The maximum Gasteiger partial charge on any atom is 0.274 e. The number of hydrogen-bond acceptors (Lipinski definition) is 5. The first kappa shape index (κ1) is 16.9. The average molecular weight is 344 g/mol. The zero-order valence-corrected chi connectivity index (χ0v) is 15.2. The third-order valence-electron chi connectivity index (χ3n) is 6.06. The van der Waals surface area contributed by atoms with Crippen molar-refractivity contribution < 1.29 is 9.53 Å². The summed E-state index contributed by atoms with van der Waals surface area (Å²) < 4.78 is 6.30. The quantitative estimate of drug-likeness (QED) is 0.813. The van der Waals surface area contributed by atoms with E-state index < -0.39 is 0 Å². The van der Waals surface area contributed by atoms with Crippen molar-refractivity contribution in [1.82, 2.24) is 19.8 Å². The van der Waals surface area contributed by atoms with Crippen LogP contribution in [0.2, 0.25) is 0 Å². The van der Waals surface area contributed by atoms with Crippen LogP contribution in [0.15, 0.2) is 18.6 Å². The lowest BCUT2D eigenvalue weighted by molar-refractivity contribution is -0.0493. The Balaban J connectivity index is 1.42. The molecule has 2 saturated carbocycles. The molecule has 1 amide bonds. The molecule has 4 rings (SSSR count). The molecule has 0 aromatic carbocycles. The summed E-state index contributed by atoms with van der Waals surface area (Å²) in [7, 11) is 4.30. The average Bonchev–Trinajstić information content (AvgIpc) is 3.36. The van der Waals surface area contributed by atoms with Crippen LogP contribution in [0.25, 0.3) is 0 Å². The predicted octanol–water partition coefficient (Wildman–Crippen LogP) is 1.68. The Morgan fingerprint density at radius 2 is 2.00 bits per heavy atom. The number of aromatic nitrogens is 2. The van der Waals surface area contributed by atoms with Gasteiger partial charge in [-0.2, -0.15) is 0 Å². The van der Waals surface area contributed by atoms with Gasteiger partial charge in [-0.25, -0.2) is 4.98 Å². The highest BCUT2D eigenvalue weighted by Crippen LogP contribution is 2.40. The fourth-order valence-electron chi connectivity index (χ4n) is 4.39. The molecule has 6 nitrogen and oxygen atoms in total. The highest BCUT2D eigenvalue weighted by Gasteiger charge is 2.45. The Labute approximate surface area is 149 Å². The van der Waals surface area contributed by atoms with Crippen molar-refractivity contribution in [2.75, 3.05) is 33.8 Å². The van der Waals surface area contributed by atoms with Crippen LogP contribution in [0, 0.1) is 17.8 Å². The van der Waals surface area contributed by atoms with Crippen molar-refractivity contribution in [3.8, 4) is 0 Å². The summed E-state index contributed by atoms with van der Waals surface area (Å²) in [5.74, 6) is 1.91. The molecular weight excluding hydrogens is 316 g/mol. The van der Waals surface area contributed by atoms with Gasteiger partial charge in [0.25, 0.3) is 5.91 Å². The number of hydrogen-bond donors (Lipinski definition) is 0. The highest BCUT2D eigenvalue weighted by atomic mass is 16.5. The largest absolute Gasteiger partial charge is 0.376 e. The summed E-state index contributed by atoms with van der Waals surface area (Å²) in [5.41, 5.74) is 0.451. The number of likely N-dealkylation sites (N-methyl/N-ethyl adjacent to an activating group) is 1. The first-order chi connectivity index (χ1) is 12.1. The molecule has 0 N–H and O–H groups in total. The molecule has 3 fully saturated rings. The van der Waals surface area contributed by atoms with Crippen LogP contribution < -0.4 is 0 Å². The van der Waals surface area contributed by atoms with E-state index in [2.05, 4.69) is 29.0 Å². The van der Waals surface area contributed by atoms with Gasteiger partial charge in [-0.1, -0.05) is 0 Å². The van der Waals surface area contributed by atoms with Crippen molar-refractivity contribution in [2.24, 2.45) is 17.8 Å². The van der Waals surface area contributed by atoms with Gasteiger partial charge in [0.1, 0.15) is 5.69 Å². The highest BCUT2D eigenvalue weighted by molar-refractivity contribution is 5.92. The van der Waals surface area contributed by atoms with Gasteiger partial charge in [0.05, 0.1) is 12.3 Å². The number of likely N-dealkylation sites (tertiary alicyclic amines) is 1. The molecule has 2 aliphatic carbocycles. The molecule has 1 aromatic heterocycles. The minimum absolute atomic E-state index is 0.0133. The molecule has 1 aromatic rings. The van der Waals surface area contributed by atoms with Crippen molar-refractivity contribution in [3.63, 3.8) is 0 Å². The predicted molar refractivity (Wildman–Crippen MR) is 94.1 cm³/mol. The van der Waals surface area contributed by atoms with Crippen LogP contribution in [0.3, 0.4) is 0 Å². The van der Waals surface area contributed by atoms with Gasteiger partial charge in [0.15, 0.2) is 0 Å². The third-order valence-corrected chi connectivity index (χ3v) is 6.06. The van der Waals surface area contributed by atoms with Crippen LogP contribution in [0.4, 0.5) is 0 Å². The number of ether oxygens (including phenoxy) is 1. The number of nitrogens with zero attached hydrogens (tertiary/aromatic N) is 4. The number of fused-ring (bicyclic) bond motifs is 1. The van der Waals surface area contributed by atoms with Crippen molar-refractivity contribution >= 4 is 5.91 Å². The number of carbonyl (C=O) groups excluding carboxylic acids is 1. The Morgan fingerprint density at radius 1 is 1.24 bits per heavy atom. The fraction of sp³-hybridized carbons (Fsp3) is 0.737. The second-order valence-electron chi connectivity index (χ2n) is 8.14. The molecule has 0 radical (unpaired) electrons. The SMILES string of the molecule is CN(C)[C@@H]1C[C@@H]2CN(C(=O)c3cnccn3)C[C@@H]2C[C@H]1OCC1CC1.